The highest BCUT2D eigenvalue weighted by Crippen LogP contribution is 2.73. The average Bonchev–Trinajstić information content (AvgIpc) is 2.72. The number of hydrogen-bond donors (Lipinski definition) is 0. The minimum atomic E-state index is 1.14. The molecule has 0 heteroatoms. The van der Waals surface area contributed by atoms with E-state index in [9.17, 15) is 0 Å². The molecule has 4 saturated carbocycles. The van der Waals surface area contributed by atoms with Crippen molar-refractivity contribution in [3.63, 3.8) is 0 Å². The van der Waals surface area contributed by atoms with Crippen LogP contribution in [-0.2, 0) is 0 Å². The standard InChI is InChI=1S/C12H16/c1-2-4-9-7-5-6-10-11(12(9)10)8(7)3-1/h1-2,7-12H,3-6H2. The SMILES string of the molecule is C1=CCC2C3CCC4C(C3C1)C24. The van der Waals surface area contributed by atoms with Gasteiger partial charge in [-0.2, -0.15) is 0 Å². The van der Waals surface area contributed by atoms with Crippen LogP contribution in [0.2, 0.25) is 0 Å². The summed E-state index contributed by atoms with van der Waals surface area (Å²) in [6.07, 6.45) is 11.0. The summed E-state index contributed by atoms with van der Waals surface area (Å²) in [7, 11) is 0. The van der Waals surface area contributed by atoms with Crippen molar-refractivity contribution < 1.29 is 0 Å². The maximum Gasteiger partial charge on any atom is -0.0314 e. The Hall–Kier alpha value is -0.260. The Kier molecular flexibility index (Phi) is 0.939. The van der Waals surface area contributed by atoms with Crippen LogP contribution in [0.4, 0.5) is 0 Å². The molecule has 0 aromatic carbocycles. The third-order valence-electron chi connectivity index (χ3n) is 5.20. The molecule has 0 spiro atoms. The summed E-state index contributed by atoms with van der Waals surface area (Å²) >= 11 is 0. The van der Waals surface area contributed by atoms with E-state index in [1.807, 2.05) is 0 Å². The van der Waals surface area contributed by atoms with E-state index in [4.69, 9.17) is 0 Å². The van der Waals surface area contributed by atoms with Gasteiger partial charge in [-0.1, -0.05) is 12.2 Å². The molecule has 12 heavy (non-hydrogen) atoms. The molecule has 0 aromatic heterocycles. The van der Waals surface area contributed by atoms with Gasteiger partial charge in [-0.15, -0.1) is 0 Å². The first kappa shape index (κ1) is 6.23. The summed E-state index contributed by atoms with van der Waals surface area (Å²) in [5.74, 6) is 7.04. The zero-order valence-electron chi connectivity index (χ0n) is 7.45. The summed E-state index contributed by atoms with van der Waals surface area (Å²) in [6.45, 7) is 0. The van der Waals surface area contributed by atoms with E-state index in [0.29, 0.717) is 0 Å². The van der Waals surface area contributed by atoms with Crippen LogP contribution in [0.15, 0.2) is 12.2 Å². The van der Waals surface area contributed by atoms with Gasteiger partial charge in [-0.3, -0.25) is 0 Å². The number of fused-ring (bicyclic) bond motifs is 1. The minimum absolute atomic E-state index is 1.14. The van der Waals surface area contributed by atoms with E-state index in [1.165, 1.54) is 30.6 Å². The molecule has 0 N–H and O–H groups in total. The molecule has 5 rings (SSSR count). The maximum absolute atomic E-state index is 2.47. The lowest BCUT2D eigenvalue weighted by Gasteiger charge is -2.33. The predicted molar refractivity (Wildman–Crippen MR) is 48.5 cm³/mol. The maximum atomic E-state index is 2.47. The van der Waals surface area contributed by atoms with Gasteiger partial charge in [-0.25, -0.2) is 0 Å². The van der Waals surface area contributed by atoms with E-state index in [2.05, 4.69) is 12.2 Å². The normalized spacial score (nSPS) is 64.7. The van der Waals surface area contributed by atoms with E-state index in [0.717, 1.165) is 17.8 Å². The predicted octanol–water partition coefficient (Wildman–Crippen LogP) is 2.85. The van der Waals surface area contributed by atoms with E-state index < -0.39 is 0 Å². The van der Waals surface area contributed by atoms with Gasteiger partial charge in [0.05, 0.1) is 0 Å². The molecule has 4 fully saturated rings. The second kappa shape index (κ2) is 1.81. The topological polar surface area (TPSA) is 0 Å². The lowest BCUT2D eigenvalue weighted by molar-refractivity contribution is 0.165. The van der Waals surface area contributed by atoms with Crippen molar-refractivity contribution in [2.45, 2.75) is 25.7 Å². The fraction of sp³-hybridized carbons (Fsp3) is 0.833. The number of allylic oxidation sites excluding steroid dienone is 2. The lowest BCUT2D eigenvalue weighted by atomic mass is 9.72. The highest BCUT2D eigenvalue weighted by Gasteiger charge is 2.68. The molecule has 5 aliphatic rings. The first-order valence-electron chi connectivity index (χ1n) is 5.62. The Morgan fingerprint density at radius 2 is 1.25 bits per heavy atom. The Morgan fingerprint density at radius 3 is 1.92 bits per heavy atom. The smallest absolute Gasteiger partial charge is 0.0314 e. The van der Waals surface area contributed by atoms with Gasteiger partial charge in [0.2, 0.25) is 0 Å². The third kappa shape index (κ3) is 0.522. The van der Waals surface area contributed by atoms with Gasteiger partial charge in [0.15, 0.2) is 0 Å². The fourth-order valence-electron chi connectivity index (χ4n) is 4.89. The molecule has 6 bridgehead atoms. The van der Waals surface area contributed by atoms with Crippen LogP contribution in [0.1, 0.15) is 25.7 Å². The Morgan fingerprint density at radius 1 is 0.667 bits per heavy atom. The van der Waals surface area contributed by atoms with Gasteiger partial charge in [-0.05, 0) is 61.2 Å². The zero-order chi connectivity index (χ0) is 7.71. The lowest BCUT2D eigenvalue weighted by Crippen LogP contribution is -2.26. The molecule has 5 aliphatic carbocycles. The second-order valence-electron chi connectivity index (χ2n) is 5.33. The molecule has 0 saturated heterocycles. The van der Waals surface area contributed by atoms with Crippen LogP contribution >= 0.6 is 0 Å². The van der Waals surface area contributed by atoms with Crippen LogP contribution in [0.25, 0.3) is 0 Å². The van der Waals surface area contributed by atoms with Crippen LogP contribution in [-0.4, -0.2) is 0 Å². The van der Waals surface area contributed by atoms with Crippen LogP contribution in [0.5, 0.6) is 0 Å². The largest absolute Gasteiger partial charge is 0.0882 e. The molecule has 0 amide bonds. The second-order valence-corrected chi connectivity index (χ2v) is 5.33. The molecular weight excluding hydrogens is 144 g/mol. The van der Waals surface area contributed by atoms with Crippen molar-refractivity contribution in [2.75, 3.05) is 0 Å². The quantitative estimate of drug-likeness (QED) is 0.478. The summed E-state index contributed by atoms with van der Waals surface area (Å²) in [5, 5.41) is 0. The Labute approximate surface area is 74.0 Å². The van der Waals surface area contributed by atoms with Crippen molar-refractivity contribution in [2.24, 2.45) is 35.5 Å². The van der Waals surface area contributed by atoms with E-state index in [1.54, 1.807) is 12.8 Å². The molecule has 64 valence electrons. The highest BCUT2D eigenvalue weighted by molar-refractivity contribution is 5.19. The minimum Gasteiger partial charge on any atom is -0.0882 e. The summed E-state index contributed by atoms with van der Waals surface area (Å²) in [5.41, 5.74) is 0. The van der Waals surface area contributed by atoms with E-state index in [-0.39, 0.29) is 0 Å². The van der Waals surface area contributed by atoms with Crippen molar-refractivity contribution >= 4 is 0 Å². The molecule has 0 nitrogen and oxygen atoms in total. The highest BCUT2D eigenvalue weighted by atomic mass is 14.7. The van der Waals surface area contributed by atoms with Gasteiger partial charge >= 0.3 is 0 Å². The molecule has 4 unspecified atom stereocenters. The Balaban J connectivity index is 1.81. The van der Waals surface area contributed by atoms with Crippen molar-refractivity contribution in [3.05, 3.63) is 12.2 Å². The fourth-order valence-corrected chi connectivity index (χ4v) is 4.89. The van der Waals surface area contributed by atoms with Gasteiger partial charge in [0.1, 0.15) is 0 Å². The molecule has 0 aliphatic heterocycles. The molecular formula is C12H16. The molecule has 0 radical (unpaired) electrons. The summed E-state index contributed by atoms with van der Waals surface area (Å²) in [6, 6.07) is 0. The number of rotatable bonds is 0. The van der Waals surface area contributed by atoms with Gasteiger partial charge in [0.25, 0.3) is 0 Å². The van der Waals surface area contributed by atoms with Crippen LogP contribution in [0, 0.1) is 35.5 Å². The van der Waals surface area contributed by atoms with E-state index >= 15 is 0 Å². The molecule has 0 aromatic rings. The summed E-state index contributed by atoms with van der Waals surface area (Å²) in [4.78, 5) is 0. The van der Waals surface area contributed by atoms with Crippen LogP contribution in [0.3, 0.4) is 0 Å². The molecule has 4 atom stereocenters. The van der Waals surface area contributed by atoms with Crippen molar-refractivity contribution in [1.82, 2.24) is 0 Å². The zero-order valence-corrected chi connectivity index (χ0v) is 7.45. The van der Waals surface area contributed by atoms with Crippen molar-refractivity contribution in [1.29, 1.82) is 0 Å². The van der Waals surface area contributed by atoms with Gasteiger partial charge in [0, 0.05) is 0 Å². The summed E-state index contributed by atoms with van der Waals surface area (Å²) < 4.78 is 0. The molecule has 0 heterocycles. The van der Waals surface area contributed by atoms with Crippen LogP contribution < -0.4 is 0 Å². The van der Waals surface area contributed by atoms with Crippen molar-refractivity contribution in [3.8, 4) is 0 Å². The van der Waals surface area contributed by atoms with Gasteiger partial charge < -0.3 is 0 Å². The third-order valence-corrected chi connectivity index (χ3v) is 5.20. The Bertz CT molecular complexity index is 231. The first-order chi connectivity index (χ1) is 5.97. The first-order valence-corrected chi connectivity index (χ1v) is 5.62. The number of hydrogen-bond acceptors (Lipinski definition) is 0. The monoisotopic (exact) mass is 160 g/mol. The average molecular weight is 160 g/mol.